The number of H-pyrrole nitrogens is 1. The molecule has 0 aliphatic heterocycles. The third-order valence-electron chi connectivity index (χ3n) is 4.55. The third kappa shape index (κ3) is 3.86. The summed E-state index contributed by atoms with van der Waals surface area (Å²) in [6.07, 6.45) is 0. The Morgan fingerprint density at radius 1 is 1.00 bits per heavy atom. The van der Waals surface area contributed by atoms with Crippen molar-refractivity contribution in [3.63, 3.8) is 0 Å². The van der Waals surface area contributed by atoms with Gasteiger partial charge in [-0.15, -0.1) is 16.4 Å². The molecule has 5 rings (SSSR count). The second-order valence-electron chi connectivity index (χ2n) is 6.76. The summed E-state index contributed by atoms with van der Waals surface area (Å²) < 4.78 is 1.69. The van der Waals surface area contributed by atoms with Crippen molar-refractivity contribution in [2.45, 2.75) is 6.92 Å². The third-order valence-corrected chi connectivity index (χ3v) is 5.42. The van der Waals surface area contributed by atoms with Crippen LogP contribution in [0.3, 0.4) is 0 Å². The number of benzene rings is 2. The van der Waals surface area contributed by atoms with Gasteiger partial charge in [0.05, 0.1) is 10.6 Å². The van der Waals surface area contributed by atoms with Gasteiger partial charge in [0.15, 0.2) is 11.6 Å². The standard InChI is InChI=1S/C22H17N7OS/c1-14-23-19(27-26-14)15-9-11-16(12-10-15)24-22(30)20-25-21(18-8-5-13-31-18)29(28-20)17-6-3-2-4-7-17/h2-13H,1H3,(H,24,30)(H,23,26,27). The molecule has 0 radical (unpaired) electrons. The number of hydrogen-bond acceptors (Lipinski definition) is 6. The molecule has 3 heterocycles. The van der Waals surface area contributed by atoms with Crippen molar-refractivity contribution in [1.82, 2.24) is 29.9 Å². The van der Waals surface area contributed by atoms with E-state index in [2.05, 4.69) is 30.6 Å². The summed E-state index contributed by atoms with van der Waals surface area (Å²) in [5.74, 6) is 1.70. The van der Waals surface area contributed by atoms with Gasteiger partial charge in [-0.05, 0) is 54.8 Å². The first kappa shape index (κ1) is 18.9. The summed E-state index contributed by atoms with van der Waals surface area (Å²) >= 11 is 1.55. The van der Waals surface area contributed by atoms with Crippen molar-refractivity contribution < 1.29 is 4.79 Å². The van der Waals surface area contributed by atoms with Crippen LogP contribution in [-0.2, 0) is 0 Å². The van der Waals surface area contributed by atoms with E-state index in [1.165, 1.54) is 0 Å². The second-order valence-corrected chi connectivity index (χ2v) is 7.71. The molecule has 0 unspecified atom stereocenters. The van der Waals surface area contributed by atoms with Crippen LogP contribution in [0, 0.1) is 6.92 Å². The Bertz CT molecular complexity index is 1320. The smallest absolute Gasteiger partial charge is 0.295 e. The number of aromatic amines is 1. The number of rotatable bonds is 5. The Balaban J connectivity index is 1.42. The molecule has 0 aliphatic rings. The molecule has 9 heteroatoms. The summed E-state index contributed by atoms with van der Waals surface area (Å²) in [5, 5.41) is 16.3. The number of amides is 1. The van der Waals surface area contributed by atoms with Crippen molar-refractivity contribution in [3.05, 3.63) is 83.8 Å². The predicted molar refractivity (Wildman–Crippen MR) is 119 cm³/mol. The molecule has 0 fully saturated rings. The van der Waals surface area contributed by atoms with Gasteiger partial charge in [-0.2, -0.15) is 5.10 Å². The molecule has 0 saturated carbocycles. The Kier molecular flexibility index (Phi) is 4.85. The topological polar surface area (TPSA) is 101 Å². The minimum atomic E-state index is -0.381. The Hall–Kier alpha value is -4.11. The fraction of sp³-hybridized carbons (Fsp3) is 0.0455. The van der Waals surface area contributed by atoms with E-state index in [1.54, 1.807) is 28.2 Å². The van der Waals surface area contributed by atoms with Gasteiger partial charge in [-0.25, -0.2) is 14.6 Å². The second kappa shape index (κ2) is 7.96. The number of nitrogens with one attached hydrogen (secondary N) is 2. The molecule has 31 heavy (non-hydrogen) atoms. The predicted octanol–water partition coefficient (Wildman–Crippen LogP) is 4.34. The van der Waals surface area contributed by atoms with E-state index in [9.17, 15) is 4.79 Å². The first-order valence-electron chi connectivity index (χ1n) is 9.54. The maximum atomic E-state index is 12.9. The van der Waals surface area contributed by atoms with Crippen LogP contribution in [0.1, 0.15) is 16.4 Å². The van der Waals surface area contributed by atoms with Crippen LogP contribution in [0.4, 0.5) is 5.69 Å². The molecule has 1 amide bonds. The highest BCUT2D eigenvalue weighted by Gasteiger charge is 2.19. The number of hydrogen-bond donors (Lipinski definition) is 2. The van der Waals surface area contributed by atoms with Crippen molar-refractivity contribution >= 4 is 22.9 Å². The van der Waals surface area contributed by atoms with Gasteiger partial charge >= 0.3 is 0 Å². The molecule has 0 bridgehead atoms. The van der Waals surface area contributed by atoms with Gasteiger partial charge in [0.1, 0.15) is 5.82 Å². The normalized spacial score (nSPS) is 10.9. The maximum absolute atomic E-state index is 12.9. The van der Waals surface area contributed by atoms with E-state index in [1.807, 2.05) is 66.9 Å². The molecule has 8 nitrogen and oxygen atoms in total. The highest BCUT2D eigenvalue weighted by Crippen LogP contribution is 2.26. The number of carbonyl (C=O) groups excluding carboxylic acids is 1. The van der Waals surface area contributed by atoms with Crippen molar-refractivity contribution in [1.29, 1.82) is 0 Å². The Morgan fingerprint density at radius 2 is 1.81 bits per heavy atom. The molecule has 0 aliphatic carbocycles. The summed E-state index contributed by atoms with van der Waals surface area (Å²) in [6, 6.07) is 20.8. The van der Waals surface area contributed by atoms with E-state index in [0.717, 1.165) is 22.0 Å². The molecule has 0 saturated heterocycles. The first-order valence-corrected chi connectivity index (χ1v) is 10.4. The minimum absolute atomic E-state index is 0.0981. The highest BCUT2D eigenvalue weighted by atomic mass is 32.1. The fourth-order valence-electron chi connectivity index (χ4n) is 3.08. The van der Waals surface area contributed by atoms with Crippen LogP contribution in [0.15, 0.2) is 72.1 Å². The van der Waals surface area contributed by atoms with Crippen LogP contribution < -0.4 is 5.32 Å². The lowest BCUT2D eigenvalue weighted by Crippen LogP contribution is -2.14. The molecule has 5 aromatic rings. The lowest BCUT2D eigenvalue weighted by Gasteiger charge is -2.04. The SMILES string of the molecule is Cc1nc(-c2ccc(NC(=O)c3nc(-c4cccs4)n(-c4ccccc4)n3)cc2)n[nH]1. The number of anilines is 1. The summed E-state index contributed by atoms with van der Waals surface area (Å²) in [6.45, 7) is 1.84. The molecular weight excluding hydrogens is 410 g/mol. The minimum Gasteiger partial charge on any atom is -0.319 e. The van der Waals surface area contributed by atoms with Crippen LogP contribution in [0.25, 0.3) is 27.8 Å². The van der Waals surface area contributed by atoms with E-state index in [-0.39, 0.29) is 11.7 Å². The molecule has 3 aromatic heterocycles. The molecule has 2 N–H and O–H groups in total. The zero-order valence-electron chi connectivity index (χ0n) is 16.5. The van der Waals surface area contributed by atoms with Crippen LogP contribution in [0.2, 0.25) is 0 Å². The summed E-state index contributed by atoms with van der Waals surface area (Å²) in [4.78, 5) is 22.6. The zero-order valence-corrected chi connectivity index (χ0v) is 17.3. The highest BCUT2D eigenvalue weighted by molar-refractivity contribution is 7.13. The molecular formula is C22H17N7OS. The number of aryl methyl sites for hydroxylation is 1. The van der Waals surface area contributed by atoms with Gasteiger partial charge in [-0.1, -0.05) is 24.3 Å². The maximum Gasteiger partial charge on any atom is 0.295 e. The van der Waals surface area contributed by atoms with Gasteiger partial charge in [-0.3, -0.25) is 9.89 Å². The Labute approximate surface area is 181 Å². The average molecular weight is 427 g/mol. The fourth-order valence-corrected chi connectivity index (χ4v) is 3.78. The number of carbonyl (C=O) groups is 1. The number of thiophene rings is 1. The van der Waals surface area contributed by atoms with Crippen molar-refractivity contribution in [2.24, 2.45) is 0 Å². The lowest BCUT2D eigenvalue weighted by molar-refractivity contribution is 0.101. The number of aromatic nitrogens is 6. The van der Waals surface area contributed by atoms with E-state index >= 15 is 0 Å². The summed E-state index contributed by atoms with van der Waals surface area (Å²) in [5.41, 5.74) is 2.33. The molecule has 0 spiro atoms. The van der Waals surface area contributed by atoms with Crippen molar-refractivity contribution in [2.75, 3.05) is 5.32 Å². The zero-order chi connectivity index (χ0) is 21.2. The van der Waals surface area contributed by atoms with Crippen molar-refractivity contribution in [3.8, 4) is 27.8 Å². The summed E-state index contributed by atoms with van der Waals surface area (Å²) in [7, 11) is 0. The van der Waals surface area contributed by atoms with Crippen LogP contribution >= 0.6 is 11.3 Å². The quantitative estimate of drug-likeness (QED) is 0.434. The lowest BCUT2D eigenvalue weighted by atomic mass is 10.2. The van der Waals surface area contributed by atoms with Crippen LogP contribution in [0.5, 0.6) is 0 Å². The van der Waals surface area contributed by atoms with Gasteiger partial charge in [0, 0.05) is 11.3 Å². The first-order chi connectivity index (χ1) is 15.2. The Morgan fingerprint density at radius 3 is 2.48 bits per heavy atom. The monoisotopic (exact) mass is 427 g/mol. The van der Waals surface area contributed by atoms with E-state index in [4.69, 9.17) is 0 Å². The van der Waals surface area contributed by atoms with Gasteiger partial charge in [0.2, 0.25) is 5.82 Å². The largest absolute Gasteiger partial charge is 0.319 e. The van der Waals surface area contributed by atoms with Crippen LogP contribution in [-0.4, -0.2) is 35.9 Å². The molecule has 0 atom stereocenters. The van der Waals surface area contributed by atoms with E-state index in [0.29, 0.717) is 17.3 Å². The van der Waals surface area contributed by atoms with Gasteiger partial charge < -0.3 is 5.32 Å². The van der Waals surface area contributed by atoms with Gasteiger partial charge in [0.25, 0.3) is 5.91 Å². The molecule has 152 valence electrons. The average Bonchev–Trinajstić information content (AvgIpc) is 3.55. The van der Waals surface area contributed by atoms with E-state index < -0.39 is 0 Å². The molecule has 2 aromatic carbocycles. The number of nitrogens with zero attached hydrogens (tertiary/aromatic N) is 5. The number of para-hydroxylation sites is 1.